The summed E-state index contributed by atoms with van der Waals surface area (Å²) in [5.41, 5.74) is 21.1. The first-order chi connectivity index (χ1) is 36.7. The van der Waals surface area contributed by atoms with Crippen LogP contribution in [0.5, 0.6) is 0 Å². The lowest BCUT2D eigenvalue weighted by Crippen LogP contribution is -2.28. The normalized spacial score (nSPS) is 13.6. The third-order valence-corrected chi connectivity index (χ3v) is 16.3. The molecule has 15 rings (SSSR count). The van der Waals surface area contributed by atoms with Crippen LogP contribution in [0.3, 0.4) is 0 Å². The Kier molecular flexibility index (Phi) is 9.43. The predicted molar refractivity (Wildman–Crippen MR) is 308 cm³/mol. The summed E-state index contributed by atoms with van der Waals surface area (Å²) >= 11 is 0. The Hall–Kier alpha value is -9.50. The first-order valence-corrected chi connectivity index (χ1v) is 25.8. The molecule has 0 unspecified atom stereocenters. The molecular weight excluding hydrogens is 893 g/mol. The Bertz CT molecular complexity index is 4210. The van der Waals surface area contributed by atoms with Gasteiger partial charge in [0.25, 0.3) is 0 Å². The van der Waals surface area contributed by atoms with Gasteiger partial charge in [-0.1, -0.05) is 231 Å². The van der Waals surface area contributed by atoms with Crippen molar-refractivity contribution in [2.45, 2.75) is 10.8 Å². The second kappa shape index (κ2) is 16.5. The fourth-order valence-corrected chi connectivity index (χ4v) is 13.4. The fraction of sp³-hybridized carbons (Fsp3) is 0.0278. The molecule has 74 heavy (non-hydrogen) atoms. The molecular formula is C72H48N2. The zero-order chi connectivity index (χ0) is 48.8. The quantitative estimate of drug-likeness (QED) is 0.147. The van der Waals surface area contributed by atoms with E-state index in [0.717, 1.165) is 28.3 Å². The van der Waals surface area contributed by atoms with E-state index >= 15 is 0 Å². The van der Waals surface area contributed by atoms with Crippen LogP contribution < -0.4 is 4.90 Å². The Morgan fingerprint density at radius 1 is 0.270 bits per heavy atom. The second-order valence-electron chi connectivity index (χ2n) is 19.9. The Morgan fingerprint density at radius 2 is 0.676 bits per heavy atom. The smallest absolute Gasteiger partial charge is 0.0713 e. The minimum absolute atomic E-state index is 0.495. The van der Waals surface area contributed by atoms with Crippen LogP contribution in [0.15, 0.2) is 291 Å². The zero-order valence-electron chi connectivity index (χ0n) is 40.6. The number of aromatic nitrogens is 1. The summed E-state index contributed by atoms with van der Waals surface area (Å²) in [6.45, 7) is 0. The van der Waals surface area contributed by atoms with Crippen molar-refractivity contribution in [2.24, 2.45) is 0 Å². The molecule has 1 heterocycles. The van der Waals surface area contributed by atoms with E-state index in [1.165, 1.54) is 93.8 Å². The van der Waals surface area contributed by atoms with Crippen molar-refractivity contribution >= 4 is 49.6 Å². The van der Waals surface area contributed by atoms with Gasteiger partial charge in [0.2, 0.25) is 0 Å². The average Bonchev–Trinajstić information content (AvgIpc) is 4.15. The van der Waals surface area contributed by atoms with E-state index in [0.29, 0.717) is 0 Å². The van der Waals surface area contributed by atoms with Crippen LogP contribution in [0.2, 0.25) is 0 Å². The summed E-state index contributed by atoms with van der Waals surface area (Å²) in [4.78, 5) is 2.47. The number of hydrogen-bond donors (Lipinski definition) is 0. The van der Waals surface area contributed by atoms with Crippen molar-refractivity contribution in [2.75, 3.05) is 4.90 Å². The van der Waals surface area contributed by atoms with Gasteiger partial charge in [0.05, 0.1) is 27.6 Å². The molecule has 0 radical (unpaired) electrons. The molecule has 12 aromatic carbocycles. The van der Waals surface area contributed by atoms with E-state index in [2.05, 4.69) is 301 Å². The molecule has 0 N–H and O–H groups in total. The lowest BCUT2D eigenvalue weighted by Gasteiger charge is -2.34. The molecule has 2 aliphatic rings. The number of fused-ring (bicyclic) bond motifs is 10. The molecule has 1 aromatic heterocycles. The van der Waals surface area contributed by atoms with E-state index < -0.39 is 10.8 Å². The highest BCUT2D eigenvalue weighted by atomic mass is 15.1. The predicted octanol–water partition coefficient (Wildman–Crippen LogP) is 18.1. The summed E-state index contributed by atoms with van der Waals surface area (Å²) in [5.74, 6) is 0. The third kappa shape index (κ3) is 5.94. The van der Waals surface area contributed by atoms with Gasteiger partial charge in [-0.25, -0.2) is 0 Å². The van der Waals surface area contributed by atoms with Crippen LogP contribution in [-0.2, 0) is 10.8 Å². The highest BCUT2D eigenvalue weighted by molar-refractivity contribution is 6.12. The van der Waals surface area contributed by atoms with Gasteiger partial charge in [0, 0.05) is 33.2 Å². The molecule has 0 atom stereocenters. The van der Waals surface area contributed by atoms with Crippen molar-refractivity contribution in [1.82, 2.24) is 4.57 Å². The molecule has 0 saturated heterocycles. The van der Waals surface area contributed by atoms with Gasteiger partial charge < -0.3 is 9.47 Å². The van der Waals surface area contributed by atoms with Crippen LogP contribution >= 0.6 is 0 Å². The van der Waals surface area contributed by atoms with Crippen LogP contribution in [-0.4, -0.2) is 4.57 Å². The van der Waals surface area contributed by atoms with Crippen LogP contribution in [0.4, 0.5) is 17.1 Å². The fourth-order valence-electron chi connectivity index (χ4n) is 13.4. The summed E-state index contributed by atoms with van der Waals surface area (Å²) in [6.07, 6.45) is 0. The lowest BCUT2D eigenvalue weighted by atomic mass is 9.67. The maximum absolute atomic E-state index is 2.50. The van der Waals surface area contributed by atoms with Gasteiger partial charge in [0.15, 0.2) is 0 Å². The summed E-state index contributed by atoms with van der Waals surface area (Å²) in [7, 11) is 0. The molecule has 0 spiro atoms. The largest absolute Gasteiger partial charge is 0.310 e. The van der Waals surface area contributed by atoms with Gasteiger partial charge in [-0.2, -0.15) is 0 Å². The number of para-hydroxylation sites is 1. The Morgan fingerprint density at radius 3 is 1.24 bits per heavy atom. The van der Waals surface area contributed by atoms with Gasteiger partial charge >= 0.3 is 0 Å². The molecule has 0 aliphatic heterocycles. The SMILES string of the molecule is c1ccc(-n2c3ccc(N(c4ccc(C5(c6ccccc6)c6ccccc6-c6ccccc65)cc4)c4cccc5ccccc45)cc3c3cc(C4(c5ccccc5)c5ccccc5-c5ccccc54)ccc32)cc1. The van der Waals surface area contributed by atoms with E-state index in [9.17, 15) is 0 Å². The number of rotatable bonds is 8. The molecule has 346 valence electrons. The first-order valence-electron chi connectivity index (χ1n) is 25.8. The van der Waals surface area contributed by atoms with Gasteiger partial charge in [0.1, 0.15) is 0 Å². The van der Waals surface area contributed by atoms with E-state index in [1.807, 2.05) is 0 Å². The minimum Gasteiger partial charge on any atom is -0.310 e. The second-order valence-corrected chi connectivity index (χ2v) is 19.9. The highest BCUT2D eigenvalue weighted by Crippen LogP contribution is 2.58. The topological polar surface area (TPSA) is 8.17 Å². The number of hydrogen-bond acceptors (Lipinski definition) is 1. The number of benzene rings is 12. The van der Waals surface area contributed by atoms with Crippen molar-refractivity contribution in [3.8, 4) is 27.9 Å². The van der Waals surface area contributed by atoms with E-state index in [4.69, 9.17) is 0 Å². The molecule has 0 fully saturated rings. The molecule has 0 amide bonds. The molecule has 2 heteroatoms. The molecule has 0 bridgehead atoms. The average molecular weight is 941 g/mol. The lowest BCUT2D eigenvalue weighted by molar-refractivity contribution is 0.768. The number of nitrogens with zero attached hydrogens (tertiary/aromatic N) is 2. The van der Waals surface area contributed by atoms with E-state index in [-0.39, 0.29) is 0 Å². The van der Waals surface area contributed by atoms with E-state index in [1.54, 1.807) is 0 Å². The molecule has 2 nitrogen and oxygen atoms in total. The van der Waals surface area contributed by atoms with Crippen LogP contribution in [0.25, 0.3) is 60.5 Å². The van der Waals surface area contributed by atoms with Crippen molar-refractivity contribution in [1.29, 1.82) is 0 Å². The zero-order valence-corrected chi connectivity index (χ0v) is 40.6. The summed E-state index contributed by atoms with van der Waals surface area (Å²) in [5, 5.41) is 4.78. The van der Waals surface area contributed by atoms with Crippen molar-refractivity contribution in [3.05, 3.63) is 336 Å². The van der Waals surface area contributed by atoms with Crippen molar-refractivity contribution in [3.63, 3.8) is 0 Å². The van der Waals surface area contributed by atoms with Gasteiger partial charge in [-0.05, 0) is 133 Å². The Balaban J connectivity index is 0.978. The first kappa shape index (κ1) is 42.2. The maximum Gasteiger partial charge on any atom is 0.0713 e. The Labute approximate surface area is 431 Å². The van der Waals surface area contributed by atoms with Gasteiger partial charge in [-0.3, -0.25) is 0 Å². The maximum atomic E-state index is 2.50. The molecule has 2 aliphatic carbocycles. The summed E-state index contributed by atoms with van der Waals surface area (Å²) in [6, 6.07) is 108. The number of anilines is 3. The van der Waals surface area contributed by atoms with Crippen LogP contribution in [0, 0.1) is 0 Å². The van der Waals surface area contributed by atoms with Crippen molar-refractivity contribution < 1.29 is 0 Å². The monoisotopic (exact) mass is 940 g/mol. The van der Waals surface area contributed by atoms with Gasteiger partial charge in [-0.15, -0.1) is 0 Å². The minimum atomic E-state index is -0.532. The molecule has 0 saturated carbocycles. The van der Waals surface area contributed by atoms with Crippen LogP contribution in [0.1, 0.15) is 44.5 Å². The standard InChI is InChI=1S/C72H48N2/c1-4-23-50(24-5-1)71(64-34-16-12-30-58(64)59-31-13-17-35-65(59)71)52-39-42-55(43-40-52)73(68-38-20-22-49-21-10-11-29-57(49)68)56-44-46-70-63(48-56)62-47-53(41-45-69(62)74(70)54-27-8-3-9-28-54)72(51-25-6-2-7-26-51)66-36-18-14-32-60(66)61-33-15-19-37-67(61)72/h1-48H. The summed E-state index contributed by atoms with van der Waals surface area (Å²) < 4.78 is 2.45. The molecule has 13 aromatic rings. The highest BCUT2D eigenvalue weighted by Gasteiger charge is 2.47. The third-order valence-electron chi connectivity index (χ3n) is 16.3.